The lowest BCUT2D eigenvalue weighted by atomic mass is 10.1. The van der Waals surface area contributed by atoms with E-state index in [0.717, 1.165) is 0 Å². The molecule has 0 radical (unpaired) electrons. The molecule has 0 heterocycles. The second-order valence-corrected chi connectivity index (χ2v) is 6.04. The molecule has 3 nitrogen and oxygen atoms in total. The molecule has 1 aromatic rings. The zero-order valence-corrected chi connectivity index (χ0v) is 11.1. The van der Waals surface area contributed by atoms with Crippen molar-refractivity contribution in [1.82, 2.24) is 0 Å². The van der Waals surface area contributed by atoms with Gasteiger partial charge in [0.05, 0.1) is 4.32 Å². The van der Waals surface area contributed by atoms with Gasteiger partial charge in [-0.2, -0.15) is 0 Å². The highest BCUT2D eigenvalue weighted by Crippen LogP contribution is 2.19. The van der Waals surface area contributed by atoms with Crippen LogP contribution in [0.4, 0.5) is 5.69 Å². The summed E-state index contributed by atoms with van der Waals surface area (Å²) < 4.78 is -0.605. The van der Waals surface area contributed by atoms with Crippen molar-refractivity contribution >= 4 is 33.3 Å². The predicted molar refractivity (Wildman–Crippen MR) is 68.1 cm³/mol. The van der Waals surface area contributed by atoms with Gasteiger partial charge < -0.3 is 5.32 Å². The molecular weight excluding hydrogens is 270 g/mol. The van der Waals surface area contributed by atoms with E-state index in [1.807, 2.05) is 0 Å². The number of amides is 1. The smallest absolute Gasteiger partial charge is 0.240 e. The minimum Gasteiger partial charge on any atom is -0.325 e. The quantitative estimate of drug-likeness (QED) is 0.685. The number of hydrogen-bond acceptors (Lipinski definition) is 2. The summed E-state index contributed by atoms with van der Waals surface area (Å²) in [5, 5.41) is 2.75. The first-order chi connectivity index (χ1) is 7.30. The van der Waals surface area contributed by atoms with E-state index in [4.69, 9.17) is 0 Å². The fourth-order valence-electron chi connectivity index (χ4n) is 1.07. The SMILES string of the molecule is CC(=O)c1ccc(NC(=O)C(C)(C)Br)cc1. The third-order valence-electron chi connectivity index (χ3n) is 2.09. The van der Waals surface area contributed by atoms with Crippen molar-refractivity contribution in [1.29, 1.82) is 0 Å². The number of ketones is 1. The molecule has 1 rings (SSSR count). The van der Waals surface area contributed by atoms with Crippen LogP contribution < -0.4 is 5.32 Å². The Kier molecular flexibility index (Phi) is 3.86. The molecule has 0 aromatic heterocycles. The molecule has 0 bridgehead atoms. The van der Waals surface area contributed by atoms with Crippen LogP contribution in [0.25, 0.3) is 0 Å². The van der Waals surface area contributed by atoms with Gasteiger partial charge in [-0.15, -0.1) is 0 Å². The summed E-state index contributed by atoms with van der Waals surface area (Å²) in [5.74, 6) is -0.109. The molecule has 0 aliphatic carbocycles. The van der Waals surface area contributed by atoms with Crippen LogP contribution in [0.2, 0.25) is 0 Å². The summed E-state index contributed by atoms with van der Waals surface area (Å²) in [6, 6.07) is 6.82. The van der Waals surface area contributed by atoms with Crippen LogP contribution in [0.5, 0.6) is 0 Å². The molecule has 1 aromatic carbocycles. The van der Waals surface area contributed by atoms with Crippen LogP contribution in [0.1, 0.15) is 31.1 Å². The summed E-state index contributed by atoms with van der Waals surface area (Å²) in [4.78, 5) is 22.7. The molecule has 0 aliphatic heterocycles. The number of nitrogens with one attached hydrogen (secondary N) is 1. The highest BCUT2D eigenvalue weighted by molar-refractivity contribution is 9.10. The largest absolute Gasteiger partial charge is 0.325 e. The number of hydrogen-bond donors (Lipinski definition) is 1. The fraction of sp³-hybridized carbons (Fsp3) is 0.333. The van der Waals surface area contributed by atoms with Crippen molar-refractivity contribution in [3.8, 4) is 0 Å². The number of carbonyl (C=O) groups excluding carboxylic acids is 2. The summed E-state index contributed by atoms with van der Waals surface area (Å²) in [6.45, 7) is 5.05. The van der Waals surface area contributed by atoms with Crippen molar-refractivity contribution in [2.45, 2.75) is 25.1 Å². The van der Waals surface area contributed by atoms with Gasteiger partial charge in [-0.1, -0.05) is 15.9 Å². The van der Waals surface area contributed by atoms with Gasteiger partial charge in [-0.25, -0.2) is 0 Å². The monoisotopic (exact) mass is 283 g/mol. The lowest BCUT2D eigenvalue weighted by Crippen LogP contribution is -2.30. The third-order valence-corrected chi connectivity index (χ3v) is 2.45. The van der Waals surface area contributed by atoms with Crippen LogP contribution in [-0.4, -0.2) is 16.0 Å². The highest BCUT2D eigenvalue weighted by Gasteiger charge is 2.23. The van der Waals surface area contributed by atoms with Crippen molar-refractivity contribution in [2.24, 2.45) is 0 Å². The second kappa shape index (κ2) is 4.78. The van der Waals surface area contributed by atoms with Crippen molar-refractivity contribution in [2.75, 3.05) is 5.32 Å². The van der Waals surface area contributed by atoms with Gasteiger partial charge in [0.25, 0.3) is 0 Å². The van der Waals surface area contributed by atoms with E-state index in [9.17, 15) is 9.59 Å². The number of halogens is 1. The zero-order chi connectivity index (χ0) is 12.3. The normalized spacial score (nSPS) is 11.0. The number of rotatable bonds is 3. The zero-order valence-electron chi connectivity index (χ0n) is 9.50. The molecule has 16 heavy (non-hydrogen) atoms. The van der Waals surface area contributed by atoms with Gasteiger partial charge in [0.2, 0.25) is 5.91 Å². The first-order valence-corrected chi connectivity index (χ1v) is 5.71. The minimum atomic E-state index is -0.605. The predicted octanol–water partition coefficient (Wildman–Crippen LogP) is 3.00. The van der Waals surface area contributed by atoms with Crippen molar-refractivity contribution in [3.05, 3.63) is 29.8 Å². The van der Waals surface area contributed by atoms with Crippen LogP contribution in [0.3, 0.4) is 0 Å². The van der Waals surface area contributed by atoms with Crippen LogP contribution >= 0.6 is 15.9 Å². The summed E-state index contributed by atoms with van der Waals surface area (Å²) in [5.41, 5.74) is 1.32. The van der Waals surface area contributed by atoms with Gasteiger partial charge in [0.15, 0.2) is 5.78 Å². The first kappa shape index (κ1) is 12.9. The third kappa shape index (κ3) is 3.45. The van der Waals surface area contributed by atoms with Gasteiger partial charge in [0, 0.05) is 11.3 Å². The van der Waals surface area contributed by atoms with Gasteiger partial charge in [0.1, 0.15) is 0 Å². The number of Topliss-reactive ketones (excluding diaryl/α,β-unsaturated/α-hetero) is 1. The van der Waals surface area contributed by atoms with E-state index < -0.39 is 4.32 Å². The number of benzene rings is 1. The fourth-order valence-corrected chi connectivity index (χ4v) is 1.17. The molecule has 0 saturated carbocycles. The minimum absolute atomic E-state index is 0.0127. The maximum Gasteiger partial charge on any atom is 0.240 e. The van der Waals surface area contributed by atoms with E-state index in [-0.39, 0.29) is 11.7 Å². The number of carbonyl (C=O) groups is 2. The summed E-state index contributed by atoms with van der Waals surface area (Å²) in [7, 11) is 0. The molecule has 0 aliphatic rings. The Labute approximate surface area is 103 Å². The van der Waals surface area contributed by atoms with Gasteiger partial charge in [-0.3, -0.25) is 9.59 Å². The lowest BCUT2D eigenvalue weighted by Gasteiger charge is -2.15. The summed E-state index contributed by atoms with van der Waals surface area (Å²) in [6.07, 6.45) is 0. The van der Waals surface area contributed by atoms with E-state index in [0.29, 0.717) is 11.3 Å². The maximum absolute atomic E-state index is 11.6. The Morgan fingerprint density at radius 1 is 1.19 bits per heavy atom. The Balaban J connectivity index is 2.77. The molecule has 1 amide bonds. The van der Waals surface area contributed by atoms with E-state index in [2.05, 4.69) is 21.2 Å². The van der Waals surface area contributed by atoms with Gasteiger partial charge in [-0.05, 0) is 45.0 Å². The molecule has 0 atom stereocenters. The highest BCUT2D eigenvalue weighted by atomic mass is 79.9. The molecule has 0 unspecified atom stereocenters. The molecular formula is C12H14BrNO2. The Morgan fingerprint density at radius 2 is 1.69 bits per heavy atom. The molecule has 86 valence electrons. The van der Waals surface area contributed by atoms with E-state index in [1.54, 1.807) is 38.1 Å². The molecule has 1 N–H and O–H groups in total. The second-order valence-electron chi connectivity index (χ2n) is 4.06. The summed E-state index contributed by atoms with van der Waals surface area (Å²) >= 11 is 3.27. The number of anilines is 1. The molecule has 0 spiro atoms. The average molecular weight is 284 g/mol. The van der Waals surface area contributed by atoms with Crippen molar-refractivity contribution in [3.63, 3.8) is 0 Å². The van der Waals surface area contributed by atoms with Crippen LogP contribution in [-0.2, 0) is 4.79 Å². The standard InChI is InChI=1S/C12H14BrNO2/c1-8(15)9-4-6-10(7-5-9)14-11(16)12(2,3)13/h4-7H,1-3H3,(H,14,16). The van der Waals surface area contributed by atoms with Crippen LogP contribution in [0, 0.1) is 0 Å². The van der Waals surface area contributed by atoms with E-state index in [1.165, 1.54) is 6.92 Å². The van der Waals surface area contributed by atoms with Crippen LogP contribution in [0.15, 0.2) is 24.3 Å². The average Bonchev–Trinajstić information content (AvgIpc) is 2.17. The van der Waals surface area contributed by atoms with Gasteiger partial charge >= 0.3 is 0 Å². The Morgan fingerprint density at radius 3 is 2.06 bits per heavy atom. The molecule has 0 fully saturated rings. The number of alkyl halides is 1. The molecule has 0 saturated heterocycles. The van der Waals surface area contributed by atoms with Crippen molar-refractivity contribution < 1.29 is 9.59 Å². The molecule has 4 heteroatoms. The maximum atomic E-state index is 11.6. The Bertz CT molecular complexity index is 404. The lowest BCUT2D eigenvalue weighted by molar-refractivity contribution is -0.117. The topological polar surface area (TPSA) is 46.2 Å². The van der Waals surface area contributed by atoms with E-state index >= 15 is 0 Å². The first-order valence-electron chi connectivity index (χ1n) is 4.92. The Hall–Kier alpha value is -1.16.